The summed E-state index contributed by atoms with van der Waals surface area (Å²) in [6.07, 6.45) is -0.431. The van der Waals surface area contributed by atoms with E-state index in [0.29, 0.717) is 24.8 Å². The summed E-state index contributed by atoms with van der Waals surface area (Å²) in [6, 6.07) is 9.93. The summed E-state index contributed by atoms with van der Waals surface area (Å²) in [4.78, 5) is 6.50. The first-order chi connectivity index (χ1) is 9.86. The van der Waals surface area contributed by atoms with Gasteiger partial charge in [0.1, 0.15) is 0 Å². The van der Waals surface area contributed by atoms with Gasteiger partial charge in [0.05, 0.1) is 12.6 Å². The lowest BCUT2D eigenvalue weighted by atomic mass is 9.97. The van der Waals surface area contributed by atoms with E-state index in [0.717, 1.165) is 5.69 Å². The van der Waals surface area contributed by atoms with E-state index in [2.05, 4.69) is 10.1 Å². The van der Waals surface area contributed by atoms with Crippen LogP contribution in [-0.4, -0.2) is 27.9 Å². The molecule has 114 valence electrons. The molecule has 0 bridgehead atoms. The van der Waals surface area contributed by atoms with E-state index in [1.54, 1.807) is 6.92 Å². The lowest BCUT2D eigenvalue weighted by Crippen LogP contribution is -2.31. The van der Waals surface area contributed by atoms with Crippen LogP contribution in [0.4, 0.5) is 5.69 Å². The van der Waals surface area contributed by atoms with Crippen LogP contribution in [0.5, 0.6) is 0 Å². The molecule has 21 heavy (non-hydrogen) atoms. The Morgan fingerprint density at radius 2 is 1.90 bits per heavy atom. The summed E-state index contributed by atoms with van der Waals surface area (Å²) < 4.78 is 5.32. The van der Waals surface area contributed by atoms with Crippen molar-refractivity contribution in [3.63, 3.8) is 0 Å². The van der Waals surface area contributed by atoms with Crippen LogP contribution in [0.1, 0.15) is 39.4 Å². The molecule has 0 aliphatic rings. The Balaban J connectivity index is 2.17. The lowest BCUT2D eigenvalue weighted by Gasteiger charge is -2.24. The van der Waals surface area contributed by atoms with E-state index < -0.39 is 6.10 Å². The number of para-hydroxylation sites is 1. The van der Waals surface area contributed by atoms with Crippen molar-refractivity contribution in [3.8, 4) is 0 Å². The highest BCUT2D eigenvalue weighted by molar-refractivity contribution is 5.46. The Bertz CT molecular complexity index is 558. The number of rotatable bonds is 5. The molecule has 0 aliphatic carbocycles. The zero-order chi connectivity index (χ0) is 15.5. The fraction of sp³-hybridized carbons (Fsp3) is 0.500. The summed E-state index contributed by atoms with van der Waals surface area (Å²) in [5.74, 6) is 1.26. The maximum Gasteiger partial charge on any atom is 0.232 e. The van der Waals surface area contributed by atoms with Crippen LogP contribution in [0.3, 0.4) is 0 Å². The second kappa shape index (κ2) is 6.26. The summed E-state index contributed by atoms with van der Waals surface area (Å²) in [5.41, 5.74) is 0.869. The van der Waals surface area contributed by atoms with E-state index in [4.69, 9.17) is 4.52 Å². The summed E-state index contributed by atoms with van der Waals surface area (Å²) in [6.45, 7) is 8.91. The maximum absolute atomic E-state index is 9.69. The summed E-state index contributed by atoms with van der Waals surface area (Å²) >= 11 is 0. The molecule has 2 rings (SSSR count). The minimum Gasteiger partial charge on any atom is -0.392 e. The minimum atomic E-state index is -0.431. The Morgan fingerprint density at radius 3 is 2.43 bits per heavy atom. The van der Waals surface area contributed by atoms with Gasteiger partial charge in [-0.2, -0.15) is 4.98 Å². The van der Waals surface area contributed by atoms with Crippen LogP contribution in [0.15, 0.2) is 34.9 Å². The molecule has 5 heteroatoms. The molecule has 0 radical (unpaired) electrons. The topological polar surface area (TPSA) is 62.4 Å². The monoisotopic (exact) mass is 289 g/mol. The van der Waals surface area contributed by atoms with Crippen molar-refractivity contribution in [1.29, 1.82) is 0 Å². The van der Waals surface area contributed by atoms with Gasteiger partial charge < -0.3 is 14.5 Å². The van der Waals surface area contributed by atoms with Crippen molar-refractivity contribution in [2.24, 2.45) is 0 Å². The van der Waals surface area contributed by atoms with Gasteiger partial charge in [-0.3, -0.25) is 0 Å². The molecule has 1 aromatic heterocycles. The molecule has 0 saturated carbocycles. The number of hydrogen-bond donors (Lipinski definition) is 1. The minimum absolute atomic E-state index is 0.160. The molecule has 1 aromatic carbocycles. The molecular weight excluding hydrogens is 266 g/mol. The normalized spacial score (nSPS) is 13.2. The molecule has 0 fully saturated rings. The van der Waals surface area contributed by atoms with E-state index in [1.165, 1.54) is 0 Å². The third kappa shape index (κ3) is 4.29. The first-order valence-electron chi connectivity index (χ1n) is 7.17. The van der Waals surface area contributed by atoms with Crippen LogP contribution in [-0.2, 0) is 12.0 Å². The van der Waals surface area contributed by atoms with Gasteiger partial charge in [-0.05, 0) is 19.1 Å². The molecule has 1 N–H and O–H groups in total. The lowest BCUT2D eigenvalue weighted by molar-refractivity contribution is 0.199. The highest BCUT2D eigenvalue weighted by atomic mass is 16.5. The van der Waals surface area contributed by atoms with Crippen LogP contribution >= 0.6 is 0 Å². The molecule has 0 amide bonds. The maximum atomic E-state index is 9.69. The zero-order valence-electron chi connectivity index (χ0n) is 13.1. The third-order valence-electron chi connectivity index (χ3n) is 3.05. The Labute approximate surface area is 125 Å². The van der Waals surface area contributed by atoms with Crippen LogP contribution in [0, 0.1) is 0 Å². The molecule has 1 heterocycles. The summed E-state index contributed by atoms with van der Waals surface area (Å²) in [7, 11) is 0. The van der Waals surface area contributed by atoms with Crippen LogP contribution < -0.4 is 4.90 Å². The van der Waals surface area contributed by atoms with E-state index >= 15 is 0 Å². The number of aliphatic hydroxyl groups excluding tert-OH is 1. The third-order valence-corrected chi connectivity index (χ3v) is 3.05. The van der Waals surface area contributed by atoms with Crippen molar-refractivity contribution < 1.29 is 9.63 Å². The smallest absolute Gasteiger partial charge is 0.232 e. The second-order valence-electron chi connectivity index (χ2n) is 6.33. The van der Waals surface area contributed by atoms with Crippen molar-refractivity contribution in [2.75, 3.05) is 11.4 Å². The van der Waals surface area contributed by atoms with Crippen molar-refractivity contribution in [2.45, 2.75) is 45.8 Å². The zero-order valence-corrected chi connectivity index (χ0v) is 13.1. The predicted molar refractivity (Wildman–Crippen MR) is 82.2 cm³/mol. The van der Waals surface area contributed by atoms with Gasteiger partial charge in [0.2, 0.25) is 5.89 Å². The number of anilines is 1. The molecular formula is C16H23N3O2. The standard InChI is InChI=1S/C16H23N3O2/c1-12(20)10-19(13-8-6-5-7-9-13)11-14-17-15(21-18-14)16(2,3)4/h5-9,12,20H,10-11H2,1-4H3/t12-/m0/s1. The van der Waals surface area contributed by atoms with E-state index in [-0.39, 0.29) is 5.41 Å². The SMILES string of the molecule is C[C@H](O)CN(Cc1noc(C(C)(C)C)n1)c1ccccc1. The largest absolute Gasteiger partial charge is 0.392 e. The van der Waals surface area contributed by atoms with Gasteiger partial charge in [-0.1, -0.05) is 44.1 Å². The molecule has 0 saturated heterocycles. The fourth-order valence-electron chi connectivity index (χ4n) is 2.01. The van der Waals surface area contributed by atoms with Gasteiger partial charge >= 0.3 is 0 Å². The van der Waals surface area contributed by atoms with Gasteiger partial charge in [0, 0.05) is 17.6 Å². The van der Waals surface area contributed by atoms with Crippen LogP contribution in [0.2, 0.25) is 0 Å². The molecule has 5 nitrogen and oxygen atoms in total. The quantitative estimate of drug-likeness (QED) is 0.917. The number of nitrogens with zero attached hydrogens (tertiary/aromatic N) is 3. The first-order valence-corrected chi connectivity index (χ1v) is 7.17. The highest BCUT2D eigenvalue weighted by Gasteiger charge is 2.22. The average molecular weight is 289 g/mol. The molecule has 0 aliphatic heterocycles. The van der Waals surface area contributed by atoms with Gasteiger partial charge in [-0.25, -0.2) is 0 Å². The van der Waals surface area contributed by atoms with E-state index in [1.807, 2.05) is 56.0 Å². The summed E-state index contributed by atoms with van der Waals surface area (Å²) in [5, 5.41) is 13.7. The van der Waals surface area contributed by atoms with Crippen molar-refractivity contribution in [1.82, 2.24) is 10.1 Å². The Kier molecular flexibility index (Phi) is 4.63. The number of hydrogen-bond acceptors (Lipinski definition) is 5. The van der Waals surface area contributed by atoms with Crippen molar-refractivity contribution in [3.05, 3.63) is 42.0 Å². The van der Waals surface area contributed by atoms with Gasteiger partial charge in [0.25, 0.3) is 0 Å². The van der Waals surface area contributed by atoms with Crippen molar-refractivity contribution >= 4 is 5.69 Å². The highest BCUT2D eigenvalue weighted by Crippen LogP contribution is 2.21. The Morgan fingerprint density at radius 1 is 1.24 bits per heavy atom. The predicted octanol–water partition coefficient (Wildman–Crippen LogP) is 2.75. The van der Waals surface area contributed by atoms with E-state index in [9.17, 15) is 5.11 Å². The molecule has 2 aromatic rings. The van der Waals surface area contributed by atoms with Gasteiger partial charge in [0.15, 0.2) is 5.82 Å². The average Bonchev–Trinajstić information content (AvgIpc) is 2.87. The molecule has 0 spiro atoms. The number of benzene rings is 1. The Hall–Kier alpha value is -1.88. The fourth-order valence-corrected chi connectivity index (χ4v) is 2.01. The second-order valence-corrected chi connectivity index (χ2v) is 6.33. The van der Waals surface area contributed by atoms with Crippen LogP contribution in [0.25, 0.3) is 0 Å². The molecule has 1 atom stereocenters. The number of aromatic nitrogens is 2. The molecule has 0 unspecified atom stereocenters. The van der Waals surface area contributed by atoms with Gasteiger partial charge in [-0.15, -0.1) is 0 Å². The first kappa shape index (κ1) is 15.5. The number of aliphatic hydroxyl groups is 1.